The quantitative estimate of drug-likeness (QED) is 0.0222. The van der Waals surface area contributed by atoms with E-state index in [4.69, 9.17) is 37.0 Å². The van der Waals surface area contributed by atoms with Gasteiger partial charge in [-0.3, -0.25) is 37.3 Å². The van der Waals surface area contributed by atoms with Crippen LogP contribution < -0.4 is 0 Å². The van der Waals surface area contributed by atoms with Crippen molar-refractivity contribution in [2.24, 2.45) is 11.8 Å². The van der Waals surface area contributed by atoms with E-state index in [2.05, 4.69) is 41.5 Å². The van der Waals surface area contributed by atoms with E-state index in [9.17, 15) is 43.2 Å². The van der Waals surface area contributed by atoms with Gasteiger partial charge in [-0.05, 0) is 37.5 Å². The summed E-state index contributed by atoms with van der Waals surface area (Å²) in [5.41, 5.74) is 0. The SMILES string of the molecule is CCCCCCCCCCCCCCCCCCCCC(=O)O[C@H](COC(=O)CCCCCCCCCCCCC(C)C)COP(=O)(O)OC[C@@H](O)COP(=O)(O)OC[C@@H](COC(=O)CCCCCCCCCC)OC(=O)CCCCCCCCC(C)CC. The van der Waals surface area contributed by atoms with Gasteiger partial charge < -0.3 is 33.8 Å². The highest BCUT2D eigenvalue weighted by atomic mass is 31.2. The fourth-order valence-corrected chi connectivity index (χ4v) is 12.1. The van der Waals surface area contributed by atoms with Crippen LogP contribution in [0.25, 0.3) is 0 Å². The topological polar surface area (TPSA) is 237 Å². The molecule has 0 heterocycles. The molecule has 89 heavy (non-hydrogen) atoms. The number of hydrogen-bond acceptors (Lipinski definition) is 15. The lowest BCUT2D eigenvalue weighted by Gasteiger charge is -2.21. The van der Waals surface area contributed by atoms with Crippen LogP contribution in [0.1, 0.15) is 356 Å². The van der Waals surface area contributed by atoms with E-state index in [0.29, 0.717) is 25.7 Å². The number of esters is 4. The first-order valence-electron chi connectivity index (χ1n) is 36.5. The Hall–Kier alpha value is -1.94. The van der Waals surface area contributed by atoms with Crippen molar-refractivity contribution in [2.45, 2.75) is 374 Å². The normalized spacial score (nSPS) is 14.4. The van der Waals surface area contributed by atoms with Gasteiger partial charge in [0, 0.05) is 25.7 Å². The molecule has 0 aromatic rings. The van der Waals surface area contributed by atoms with Crippen LogP contribution in [-0.4, -0.2) is 96.7 Å². The molecule has 0 bridgehead atoms. The second-order valence-electron chi connectivity index (χ2n) is 26.0. The zero-order chi connectivity index (χ0) is 65.7. The molecule has 0 fully saturated rings. The van der Waals surface area contributed by atoms with Crippen LogP contribution >= 0.6 is 15.6 Å². The molecule has 3 N–H and O–H groups in total. The molecule has 0 aliphatic carbocycles. The Morgan fingerprint density at radius 3 is 0.854 bits per heavy atom. The van der Waals surface area contributed by atoms with E-state index in [1.54, 1.807) is 0 Å². The molecule has 0 aromatic heterocycles. The highest BCUT2D eigenvalue weighted by Gasteiger charge is 2.30. The van der Waals surface area contributed by atoms with Gasteiger partial charge in [-0.2, -0.15) is 0 Å². The highest BCUT2D eigenvalue weighted by Crippen LogP contribution is 2.45. The van der Waals surface area contributed by atoms with Crippen LogP contribution in [0.2, 0.25) is 0 Å². The first-order valence-corrected chi connectivity index (χ1v) is 39.5. The van der Waals surface area contributed by atoms with Gasteiger partial charge in [-0.15, -0.1) is 0 Å². The number of aliphatic hydroxyl groups is 1. The van der Waals surface area contributed by atoms with Crippen LogP contribution in [0.4, 0.5) is 0 Å². The standard InChI is InChI=1S/C70H136O17P2/c1-7-10-12-14-16-18-19-20-21-22-23-24-25-26-31-35-42-48-54-69(74)86-65(58-81-68(73)53-47-41-34-30-28-27-29-32-38-44-50-62(4)5)60-84-88(76,77)82-56-64(71)57-83-89(78,79)85-61-66(59-80-67(72)52-46-40-33-17-15-13-11-8-2)87-70(75)55-49-43-37-36-39-45-51-63(6)9-3/h62-66,71H,7-61H2,1-6H3,(H,76,77)(H,78,79)/t63?,64-,65-,66-/m1/s1. The Bertz CT molecular complexity index is 1740. The van der Waals surface area contributed by atoms with Crippen molar-refractivity contribution in [3.8, 4) is 0 Å². The predicted octanol–water partition coefficient (Wildman–Crippen LogP) is 20.0. The molecule has 0 saturated carbocycles. The van der Waals surface area contributed by atoms with Gasteiger partial charge in [0.25, 0.3) is 0 Å². The third-order valence-corrected chi connectivity index (χ3v) is 18.5. The van der Waals surface area contributed by atoms with Crippen LogP contribution in [0.5, 0.6) is 0 Å². The summed E-state index contributed by atoms with van der Waals surface area (Å²) in [6.45, 7) is 9.47. The van der Waals surface area contributed by atoms with E-state index >= 15 is 0 Å². The van der Waals surface area contributed by atoms with Crippen molar-refractivity contribution < 1.29 is 80.2 Å². The molecule has 0 amide bonds. The summed E-state index contributed by atoms with van der Waals surface area (Å²) < 4.78 is 68.2. The number of unbranched alkanes of at least 4 members (excludes halogenated alkanes) is 38. The molecule has 3 unspecified atom stereocenters. The third kappa shape index (κ3) is 63.2. The molecule has 0 radical (unpaired) electrons. The fraction of sp³-hybridized carbons (Fsp3) is 0.943. The average Bonchev–Trinajstić information content (AvgIpc) is 3.72. The van der Waals surface area contributed by atoms with Gasteiger partial charge in [0.15, 0.2) is 12.2 Å². The molecule has 0 spiro atoms. The lowest BCUT2D eigenvalue weighted by atomic mass is 10.00. The first-order chi connectivity index (χ1) is 42.9. The Balaban J connectivity index is 5.21. The second-order valence-corrected chi connectivity index (χ2v) is 28.9. The van der Waals surface area contributed by atoms with E-state index in [0.717, 1.165) is 108 Å². The van der Waals surface area contributed by atoms with E-state index in [-0.39, 0.29) is 25.7 Å². The minimum absolute atomic E-state index is 0.103. The van der Waals surface area contributed by atoms with Crippen LogP contribution in [0.3, 0.4) is 0 Å². The maximum Gasteiger partial charge on any atom is 0.472 e. The maximum atomic E-state index is 13.0. The minimum Gasteiger partial charge on any atom is -0.462 e. The van der Waals surface area contributed by atoms with Gasteiger partial charge in [-0.1, -0.05) is 305 Å². The summed E-state index contributed by atoms with van der Waals surface area (Å²) in [5.74, 6) is -0.650. The van der Waals surface area contributed by atoms with Gasteiger partial charge in [0.05, 0.1) is 26.4 Å². The number of aliphatic hydroxyl groups excluding tert-OH is 1. The Labute approximate surface area is 543 Å². The largest absolute Gasteiger partial charge is 0.472 e. The second kappa shape index (κ2) is 62.2. The summed E-state index contributed by atoms with van der Waals surface area (Å²) in [6, 6.07) is 0. The van der Waals surface area contributed by atoms with Gasteiger partial charge >= 0.3 is 39.5 Å². The van der Waals surface area contributed by atoms with Crippen molar-refractivity contribution in [1.82, 2.24) is 0 Å². The first kappa shape index (κ1) is 87.1. The van der Waals surface area contributed by atoms with Gasteiger partial charge in [0.2, 0.25) is 0 Å². The number of carbonyl (C=O) groups is 4. The summed E-state index contributed by atoms with van der Waals surface area (Å²) in [7, 11) is -9.90. The molecular weight excluding hydrogens is 1170 g/mol. The molecule has 19 heteroatoms. The molecule has 6 atom stereocenters. The number of rotatable bonds is 69. The summed E-state index contributed by atoms with van der Waals surface area (Å²) in [4.78, 5) is 72.4. The monoisotopic (exact) mass is 1310 g/mol. The van der Waals surface area contributed by atoms with E-state index < -0.39 is 97.5 Å². The zero-order valence-corrected chi connectivity index (χ0v) is 59.5. The Morgan fingerprint density at radius 1 is 0.326 bits per heavy atom. The minimum atomic E-state index is -4.95. The van der Waals surface area contributed by atoms with Gasteiger partial charge in [0.1, 0.15) is 19.3 Å². The molecular formula is C70H136O17P2. The van der Waals surface area contributed by atoms with E-state index in [1.165, 1.54) is 167 Å². The molecule has 0 rings (SSSR count). The third-order valence-electron chi connectivity index (χ3n) is 16.6. The number of phosphoric ester groups is 2. The van der Waals surface area contributed by atoms with Crippen LogP contribution in [-0.2, 0) is 65.4 Å². The lowest BCUT2D eigenvalue weighted by molar-refractivity contribution is -0.161. The smallest absolute Gasteiger partial charge is 0.462 e. The number of hydrogen-bond donors (Lipinski definition) is 3. The molecule has 528 valence electrons. The van der Waals surface area contributed by atoms with Crippen molar-refractivity contribution in [1.29, 1.82) is 0 Å². The van der Waals surface area contributed by atoms with Gasteiger partial charge in [-0.25, -0.2) is 9.13 Å². The van der Waals surface area contributed by atoms with Crippen LogP contribution in [0.15, 0.2) is 0 Å². The maximum absolute atomic E-state index is 13.0. The Morgan fingerprint density at radius 2 is 0.573 bits per heavy atom. The van der Waals surface area contributed by atoms with Crippen LogP contribution in [0, 0.1) is 11.8 Å². The zero-order valence-electron chi connectivity index (χ0n) is 57.7. The number of carbonyl (C=O) groups excluding carboxylic acids is 4. The highest BCUT2D eigenvalue weighted by molar-refractivity contribution is 7.47. The Kier molecular flexibility index (Phi) is 60.8. The number of ether oxygens (including phenoxy) is 4. The summed E-state index contributed by atoms with van der Waals surface area (Å²) in [5, 5.41) is 10.6. The van der Waals surface area contributed by atoms with Crippen molar-refractivity contribution in [2.75, 3.05) is 39.6 Å². The average molecular weight is 1310 g/mol. The molecule has 17 nitrogen and oxygen atoms in total. The predicted molar refractivity (Wildman–Crippen MR) is 358 cm³/mol. The van der Waals surface area contributed by atoms with Crippen molar-refractivity contribution in [3.05, 3.63) is 0 Å². The molecule has 0 aliphatic heterocycles. The van der Waals surface area contributed by atoms with Crippen molar-refractivity contribution >= 4 is 39.5 Å². The molecule has 0 saturated heterocycles. The summed E-state index contributed by atoms with van der Waals surface area (Å²) in [6.07, 6.45) is 47.3. The van der Waals surface area contributed by atoms with Crippen molar-refractivity contribution in [3.63, 3.8) is 0 Å². The molecule has 0 aliphatic rings. The lowest BCUT2D eigenvalue weighted by Crippen LogP contribution is -2.30. The van der Waals surface area contributed by atoms with E-state index in [1.807, 2.05) is 0 Å². The fourth-order valence-electron chi connectivity index (χ4n) is 10.6. The summed E-state index contributed by atoms with van der Waals surface area (Å²) >= 11 is 0. The number of phosphoric acid groups is 2. The molecule has 0 aromatic carbocycles.